The van der Waals surface area contributed by atoms with E-state index in [9.17, 15) is 9.59 Å². The van der Waals surface area contributed by atoms with Gasteiger partial charge in [0.15, 0.2) is 0 Å². The maximum Gasteiger partial charge on any atom is 0.251 e. The van der Waals surface area contributed by atoms with Gasteiger partial charge in [-0.25, -0.2) is 0 Å². The van der Waals surface area contributed by atoms with E-state index in [2.05, 4.69) is 16.0 Å². The highest BCUT2D eigenvalue weighted by molar-refractivity contribution is 5.99. The third-order valence-electron chi connectivity index (χ3n) is 3.72. The summed E-state index contributed by atoms with van der Waals surface area (Å²) in [5.41, 5.74) is 2.10. The first-order chi connectivity index (χ1) is 9.61. The summed E-state index contributed by atoms with van der Waals surface area (Å²) in [5.74, 6) is 0.284. The van der Waals surface area contributed by atoms with E-state index in [0.717, 1.165) is 25.1 Å². The molecule has 0 bridgehead atoms. The van der Waals surface area contributed by atoms with Gasteiger partial charge in [0.05, 0.1) is 0 Å². The zero-order valence-corrected chi connectivity index (χ0v) is 13.2. The average molecular weight is 312 g/mol. The van der Waals surface area contributed by atoms with E-state index in [4.69, 9.17) is 0 Å². The zero-order valence-electron chi connectivity index (χ0n) is 12.4. The molecule has 0 aliphatic carbocycles. The van der Waals surface area contributed by atoms with E-state index < -0.39 is 0 Å². The molecule has 2 rings (SSSR count). The summed E-state index contributed by atoms with van der Waals surface area (Å²) in [4.78, 5) is 23.8. The van der Waals surface area contributed by atoms with Crippen LogP contribution in [0, 0.1) is 12.8 Å². The molecule has 0 spiro atoms. The van der Waals surface area contributed by atoms with Crippen molar-refractivity contribution in [1.29, 1.82) is 0 Å². The van der Waals surface area contributed by atoms with Crippen LogP contribution in [0.2, 0.25) is 0 Å². The molecule has 6 heteroatoms. The van der Waals surface area contributed by atoms with Gasteiger partial charge >= 0.3 is 0 Å². The van der Waals surface area contributed by atoms with Crippen molar-refractivity contribution in [1.82, 2.24) is 10.6 Å². The Morgan fingerprint density at radius 2 is 2.14 bits per heavy atom. The van der Waals surface area contributed by atoms with Crippen molar-refractivity contribution in [2.75, 3.05) is 25.5 Å². The molecule has 116 valence electrons. The normalized spacial score (nSPS) is 17.0. The molecule has 1 aromatic carbocycles. The van der Waals surface area contributed by atoms with Crippen LogP contribution < -0.4 is 16.0 Å². The number of anilines is 1. The number of halogens is 1. The van der Waals surface area contributed by atoms with E-state index in [-0.39, 0.29) is 24.2 Å². The summed E-state index contributed by atoms with van der Waals surface area (Å²) in [6.07, 6.45) is 1.57. The van der Waals surface area contributed by atoms with Crippen LogP contribution >= 0.6 is 12.4 Å². The zero-order chi connectivity index (χ0) is 14.5. The number of rotatable bonds is 4. The van der Waals surface area contributed by atoms with Crippen molar-refractivity contribution in [2.24, 2.45) is 5.92 Å². The SMILES string of the molecule is CNC(=O)c1cccc(NC(=O)CC2CCNC2)c1C.Cl. The average Bonchev–Trinajstić information content (AvgIpc) is 2.93. The van der Waals surface area contributed by atoms with Crippen molar-refractivity contribution in [3.05, 3.63) is 29.3 Å². The maximum absolute atomic E-state index is 12.0. The second-order valence-corrected chi connectivity index (χ2v) is 5.17. The lowest BCUT2D eigenvalue weighted by Gasteiger charge is -2.13. The molecule has 1 aromatic rings. The highest BCUT2D eigenvalue weighted by Gasteiger charge is 2.19. The molecule has 1 fully saturated rings. The number of nitrogens with one attached hydrogen (secondary N) is 3. The van der Waals surface area contributed by atoms with E-state index >= 15 is 0 Å². The largest absolute Gasteiger partial charge is 0.355 e. The number of benzene rings is 1. The number of hydrogen-bond donors (Lipinski definition) is 3. The smallest absolute Gasteiger partial charge is 0.251 e. The van der Waals surface area contributed by atoms with Crippen molar-refractivity contribution in [3.8, 4) is 0 Å². The molecule has 21 heavy (non-hydrogen) atoms. The molecule has 1 atom stereocenters. The van der Waals surface area contributed by atoms with Gasteiger partial charge in [-0.3, -0.25) is 9.59 Å². The first-order valence-corrected chi connectivity index (χ1v) is 6.94. The number of hydrogen-bond acceptors (Lipinski definition) is 3. The second kappa shape index (κ2) is 8.00. The third-order valence-corrected chi connectivity index (χ3v) is 3.72. The molecular formula is C15H22ClN3O2. The minimum absolute atomic E-state index is 0. The molecule has 1 aliphatic heterocycles. The van der Waals surface area contributed by atoms with Gasteiger partial charge in [0.2, 0.25) is 5.91 Å². The van der Waals surface area contributed by atoms with Gasteiger partial charge in [0, 0.05) is 24.7 Å². The predicted molar refractivity (Wildman–Crippen MR) is 86.0 cm³/mol. The lowest BCUT2D eigenvalue weighted by molar-refractivity contribution is -0.117. The summed E-state index contributed by atoms with van der Waals surface area (Å²) >= 11 is 0. The molecule has 1 unspecified atom stereocenters. The molecule has 0 saturated carbocycles. The first kappa shape index (κ1) is 17.5. The Morgan fingerprint density at radius 3 is 2.76 bits per heavy atom. The summed E-state index contributed by atoms with van der Waals surface area (Å²) in [6.45, 7) is 3.74. The summed E-state index contributed by atoms with van der Waals surface area (Å²) in [7, 11) is 1.60. The van der Waals surface area contributed by atoms with E-state index in [1.807, 2.05) is 13.0 Å². The number of carbonyl (C=O) groups is 2. The molecule has 3 N–H and O–H groups in total. The Kier molecular flexibility index (Phi) is 6.65. The highest BCUT2D eigenvalue weighted by atomic mass is 35.5. The molecule has 1 saturated heterocycles. The van der Waals surface area contributed by atoms with E-state index in [1.165, 1.54) is 0 Å². The summed E-state index contributed by atoms with van der Waals surface area (Å²) < 4.78 is 0. The lowest BCUT2D eigenvalue weighted by Crippen LogP contribution is -2.21. The Hall–Kier alpha value is -1.59. The van der Waals surface area contributed by atoms with E-state index in [0.29, 0.717) is 23.6 Å². The van der Waals surface area contributed by atoms with Gasteiger partial charge in [-0.1, -0.05) is 6.07 Å². The van der Waals surface area contributed by atoms with Crippen molar-refractivity contribution < 1.29 is 9.59 Å². The van der Waals surface area contributed by atoms with Crippen LogP contribution in [-0.2, 0) is 4.79 Å². The van der Waals surface area contributed by atoms with Crippen LogP contribution in [0.15, 0.2) is 18.2 Å². The molecule has 2 amide bonds. The predicted octanol–water partition coefficient (Wildman–Crippen LogP) is 1.71. The Labute approximate surface area is 131 Å². The topological polar surface area (TPSA) is 70.2 Å². The van der Waals surface area contributed by atoms with Gasteiger partial charge in [-0.2, -0.15) is 0 Å². The fourth-order valence-electron chi connectivity index (χ4n) is 2.50. The van der Waals surface area contributed by atoms with Gasteiger partial charge < -0.3 is 16.0 Å². The molecular weight excluding hydrogens is 290 g/mol. The van der Waals surface area contributed by atoms with Gasteiger partial charge in [-0.05, 0) is 50.0 Å². The number of carbonyl (C=O) groups excluding carboxylic acids is 2. The molecule has 1 aliphatic rings. The standard InChI is InChI=1S/C15H21N3O2.ClH/c1-10-12(15(20)16-2)4-3-5-13(10)18-14(19)8-11-6-7-17-9-11;/h3-5,11,17H,6-9H2,1-2H3,(H,16,20)(H,18,19);1H. The molecule has 5 nitrogen and oxygen atoms in total. The summed E-state index contributed by atoms with van der Waals surface area (Å²) in [6, 6.07) is 5.36. The van der Waals surface area contributed by atoms with E-state index in [1.54, 1.807) is 19.2 Å². The monoisotopic (exact) mass is 311 g/mol. The third kappa shape index (κ3) is 4.44. The first-order valence-electron chi connectivity index (χ1n) is 6.94. The Morgan fingerprint density at radius 1 is 1.38 bits per heavy atom. The van der Waals surface area contributed by atoms with Gasteiger partial charge in [0.1, 0.15) is 0 Å². The fraction of sp³-hybridized carbons (Fsp3) is 0.467. The minimum Gasteiger partial charge on any atom is -0.355 e. The lowest BCUT2D eigenvalue weighted by atomic mass is 10.0. The van der Waals surface area contributed by atoms with Crippen LogP contribution in [-0.4, -0.2) is 32.0 Å². The number of amides is 2. The highest BCUT2D eigenvalue weighted by Crippen LogP contribution is 2.20. The summed E-state index contributed by atoms with van der Waals surface area (Å²) in [5, 5.41) is 8.76. The second-order valence-electron chi connectivity index (χ2n) is 5.17. The van der Waals surface area contributed by atoms with Crippen molar-refractivity contribution in [2.45, 2.75) is 19.8 Å². The van der Waals surface area contributed by atoms with Gasteiger partial charge in [0.25, 0.3) is 5.91 Å². The maximum atomic E-state index is 12.0. The molecule has 0 aromatic heterocycles. The molecule has 0 radical (unpaired) electrons. The Balaban J connectivity index is 0.00000220. The van der Waals surface area contributed by atoms with Crippen LogP contribution in [0.5, 0.6) is 0 Å². The quantitative estimate of drug-likeness (QED) is 0.793. The van der Waals surface area contributed by atoms with Crippen LogP contribution in [0.1, 0.15) is 28.8 Å². The minimum atomic E-state index is -0.140. The Bertz CT molecular complexity index is 514. The molecule has 1 heterocycles. The van der Waals surface area contributed by atoms with Crippen LogP contribution in [0.25, 0.3) is 0 Å². The van der Waals surface area contributed by atoms with Crippen LogP contribution in [0.3, 0.4) is 0 Å². The van der Waals surface area contributed by atoms with Gasteiger partial charge in [-0.15, -0.1) is 12.4 Å². The van der Waals surface area contributed by atoms with Crippen LogP contribution in [0.4, 0.5) is 5.69 Å². The fourth-order valence-corrected chi connectivity index (χ4v) is 2.50. The van der Waals surface area contributed by atoms with Crippen molar-refractivity contribution >= 4 is 29.9 Å². The van der Waals surface area contributed by atoms with Crippen molar-refractivity contribution in [3.63, 3.8) is 0 Å².